The molecule has 0 aliphatic heterocycles. The van der Waals surface area contributed by atoms with E-state index in [-0.39, 0.29) is 16.7 Å². The molecular weight excluding hydrogens is 479 g/mol. The number of tetrazole rings is 1. The highest BCUT2D eigenvalue weighted by molar-refractivity contribution is 7.98. The minimum atomic E-state index is -4.77. The molecule has 2 aromatic carbocycles. The van der Waals surface area contributed by atoms with Gasteiger partial charge < -0.3 is 10.1 Å². The molecule has 14 heteroatoms. The van der Waals surface area contributed by atoms with Gasteiger partial charge >= 0.3 is 6.36 Å². The van der Waals surface area contributed by atoms with Crippen LogP contribution in [-0.2, 0) is 5.75 Å². The van der Waals surface area contributed by atoms with E-state index in [0.717, 1.165) is 16.9 Å². The number of carbonyl (C=O) groups excluding carboxylic acids is 1. The van der Waals surface area contributed by atoms with Gasteiger partial charge in [-0.1, -0.05) is 40.8 Å². The van der Waals surface area contributed by atoms with Crippen LogP contribution in [0.15, 0.2) is 53.7 Å². The number of thioether (sulfide) groups is 1. The van der Waals surface area contributed by atoms with Crippen LogP contribution in [0.2, 0.25) is 0 Å². The Kier molecular flexibility index (Phi) is 6.55. The van der Waals surface area contributed by atoms with Gasteiger partial charge in [-0.05, 0) is 53.7 Å². The summed E-state index contributed by atoms with van der Waals surface area (Å²) in [5, 5.41) is 23.3. The Morgan fingerprint density at radius 3 is 2.52 bits per heavy atom. The Labute approximate surface area is 193 Å². The first-order valence-electron chi connectivity index (χ1n) is 9.24. The van der Waals surface area contributed by atoms with E-state index >= 15 is 0 Å². The van der Waals surface area contributed by atoms with E-state index in [1.54, 1.807) is 12.1 Å². The Bertz CT molecular complexity index is 1240. The van der Waals surface area contributed by atoms with Crippen molar-refractivity contribution < 1.29 is 22.7 Å². The lowest BCUT2D eigenvalue weighted by Crippen LogP contribution is -2.17. The van der Waals surface area contributed by atoms with Gasteiger partial charge in [0.25, 0.3) is 5.91 Å². The Balaban J connectivity index is 1.38. The van der Waals surface area contributed by atoms with Crippen LogP contribution in [0.5, 0.6) is 5.75 Å². The van der Waals surface area contributed by atoms with Crippen LogP contribution in [0.4, 0.5) is 18.9 Å². The quantitative estimate of drug-likeness (QED) is 0.381. The first-order chi connectivity index (χ1) is 15.8. The first-order valence-corrected chi connectivity index (χ1v) is 11.0. The molecule has 0 unspecified atom stereocenters. The fraction of sp³-hybridized carbons (Fsp3) is 0.158. The molecule has 33 heavy (non-hydrogen) atoms. The van der Waals surface area contributed by atoms with Gasteiger partial charge in [0.15, 0.2) is 0 Å². The number of aryl methyl sites for hydroxylation is 1. The number of carbonyl (C=O) groups is 1. The van der Waals surface area contributed by atoms with Crippen LogP contribution < -0.4 is 10.1 Å². The molecule has 0 bridgehead atoms. The van der Waals surface area contributed by atoms with Gasteiger partial charge in [0.05, 0.1) is 11.4 Å². The van der Waals surface area contributed by atoms with Crippen LogP contribution in [0.1, 0.15) is 20.4 Å². The van der Waals surface area contributed by atoms with Gasteiger partial charge in [-0.3, -0.25) is 4.79 Å². The van der Waals surface area contributed by atoms with E-state index in [1.807, 2.05) is 19.1 Å². The van der Waals surface area contributed by atoms with Crippen LogP contribution in [0.3, 0.4) is 0 Å². The summed E-state index contributed by atoms with van der Waals surface area (Å²) in [6.07, 6.45) is -4.77. The molecule has 0 fully saturated rings. The molecule has 0 aliphatic rings. The van der Waals surface area contributed by atoms with Crippen LogP contribution >= 0.6 is 23.1 Å². The predicted octanol–water partition coefficient (Wildman–Crippen LogP) is 4.27. The average molecular weight is 493 g/mol. The SMILES string of the molecule is Cc1ccc(NC(=O)c2nnc(CSc3nnnn3-c3ccc(OC(F)(F)F)cc3)s2)cc1. The maximum Gasteiger partial charge on any atom is 0.573 e. The minimum absolute atomic E-state index is 0.214. The van der Waals surface area contributed by atoms with Gasteiger partial charge in [0.1, 0.15) is 10.8 Å². The van der Waals surface area contributed by atoms with E-state index in [2.05, 4.69) is 35.8 Å². The van der Waals surface area contributed by atoms with Crippen molar-refractivity contribution in [1.82, 2.24) is 30.4 Å². The lowest BCUT2D eigenvalue weighted by molar-refractivity contribution is -0.274. The maximum atomic E-state index is 12.4. The molecule has 1 amide bonds. The van der Waals surface area contributed by atoms with Gasteiger partial charge in [-0.15, -0.1) is 28.5 Å². The molecule has 0 spiro atoms. The predicted molar refractivity (Wildman–Crippen MR) is 114 cm³/mol. The average Bonchev–Trinajstić information content (AvgIpc) is 3.43. The largest absolute Gasteiger partial charge is 0.573 e. The molecule has 0 radical (unpaired) electrons. The topological polar surface area (TPSA) is 108 Å². The van der Waals surface area contributed by atoms with Crippen molar-refractivity contribution in [1.29, 1.82) is 0 Å². The van der Waals surface area contributed by atoms with Crippen molar-refractivity contribution in [3.8, 4) is 11.4 Å². The number of hydrogen-bond donors (Lipinski definition) is 1. The second-order valence-electron chi connectivity index (χ2n) is 6.52. The third-order valence-corrected chi connectivity index (χ3v) is 6.09. The smallest absolute Gasteiger partial charge is 0.406 e. The summed E-state index contributed by atoms with van der Waals surface area (Å²) >= 11 is 2.38. The van der Waals surface area contributed by atoms with E-state index in [4.69, 9.17) is 0 Å². The summed E-state index contributed by atoms with van der Waals surface area (Å²) in [6.45, 7) is 1.95. The maximum absolute atomic E-state index is 12.4. The molecule has 0 atom stereocenters. The van der Waals surface area contributed by atoms with Crippen molar-refractivity contribution in [2.24, 2.45) is 0 Å². The number of anilines is 1. The molecule has 9 nitrogen and oxygen atoms in total. The van der Waals surface area contributed by atoms with Crippen molar-refractivity contribution in [3.63, 3.8) is 0 Å². The standard InChI is InChI=1S/C19H14F3N7O2S2/c1-11-2-4-12(5-3-11)23-16(30)17-25-24-15(33-17)10-32-18-26-27-28-29(18)13-6-8-14(9-7-13)31-19(20,21)22/h2-9H,10H2,1H3,(H,23,30). The molecule has 0 aliphatic carbocycles. The van der Waals surface area contributed by atoms with E-state index in [1.165, 1.54) is 40.7 Å². The van der Waals surface area contributed by atoms with Crippen molar-refractivity contribution in [3.05, 3.63) is 64.1 Å². The normalized spacial score (nSPS) is 11.4. The number of aromatic nitrogens is 6. The fourth-order valence-electron chi connectivity index (χ4n) is 2.57. The number of nitrogens with zero attached hydrogens (tertiary/aromatic N) is 6. The molecule has 0 saturated heterocycles. The lowest BCUT2D eigenvalue weighted by Gasteiger charge is -2.09. The van der Waals surface area contributed by atoms with Gasteiger partial charge in [-0.25, -0.2) is 0 Å². The second-order valence-corrected chi connectivity index (χ2v) is 8.53. The van der Waals surface area contributed by atoms with Gasteiger partial charge in [-0.2, -0.15) is 4.68 Å². The van der Waals surface area contributed by atoms with E-state index in [0.29, 0.717) is 27.3 Å². The lowest BCUT2D eigenvalue weighted by atomic mass is 10.2. The molecule has 2 aromatic heterocycles. The highest BCUT2D eigenvalue weighted by Crippen LogP contribution is 2.27. The van der Waals surface area contributed by atoms with Crippen molar-refractivity contribution in [2.45, 2.75) is 24.2 Å². The highest BCUT2D eigenvalue weighted by atomic mass is 32.2. The molecular formula is C19H14F3N7O2S2. The van der Waals surface area contributed by atoms with Gasteiger partial charge in [0.2, 0.25) is 10.2 Å². The Morgan fingerprint density at radius 1 is 1.09 bits per heavy atom. The monoisotopic (exact) mass is 493 g/mol. The number of rotatable bonds is 7. The van der Waals surface area contributed by atoms with Crippen molar-refractivity contribution >= 4 is 34.7 Å². The summed E-state index contributed by atoms with van der Waals surface area (Å²) < 4.78 is 42.2. The number of halogens is 3. The summed E-state index contributed by atoms with van der Waals surface area (Å²) in [6, 6.07) is 12.5. The first kappa shape index (κ1) is 22.7. The summed E-state index contributed by atoms with van der Waals surface area (Å²) in [5.41, 5.74) is 2.19. The second kappa shape index (κ2) is 9.54. The third kappa shape index (κ3) is 6.04. The molecule has 1 N–H and O–H groups in total. The number of benzene rings is 2. The molecule has 2 heterocycles. The molecule has 4 rings (SSSR count). The number of alkyl halides is 3. The zero-order valence-electron chi connectivity index (χ0n) is 16.8. The molecule has 170 valence electrons. The number of nitrogens with one attached hydrogen (secondary N) is 1. The van der Waals surface area contributed by atoms with Crippen LogP contribution in [-0.4, -0.2) is 42.7 Å². The number of amides is 1. The Morgan fingerprint density at radius 2 is 1.82 bits per heavy atom. The highest BCUT2D eigenvalue weighted by Gasteiger charge is 2.31. The van der Waals surface area contributed by atoms with Crippen LogP contribution in [0, 0.1) is 6.92 Å². The molecule has 4 aromatic rings. The minimum Gasteiger partial charge on any atom is -0.406 e. The Hall–Kier alpha value is -3.52. The molecule has 0 saturated carbocycles. The number of ether oxygens (including phenoxy) is 1. The fourth-order valence-corrected chi connectivity index (χ4v) is 4.18. The van der Waals surface area contributed by atoms with E-state index < -0.39 is 6.36 Å². The summed E-state index contributed by atoms with van der Waals surface area (Å²) in [4.78, 5) is 12.4. The zero-order chi connectivity index (χ0) is 23.4. The van der Waals surface area contributed by atoms with Crippen molar-refractivity contribution in [2.75, 3.05) is 5.32 Å². The summed E-state index contributed by atoms with van der Waals surface area (Å²) in [5.74, 6) is -0.372. The van der Waals surface area contributed by atoms with E-state index in [9.17, 15) is 18.0 Å². The summed E-state index contributed by atoms with van der Waals surface area (Å²) in [7, 11) is 0. The third-order valence-electron chi connectivity index (χ3n) is 4.05. The number of hydrogen-bond acceptors (Lipinski definition) is 9. The zero-order valence-corrected chi connectivity index (χ0v) is 18.4. The van der Waals surface area contributed by atoms with Gasteiger partial charge in [0, 0.05) is 5.69 Å². The van der Waals surface area contributed by atoms with Crippen LogP contribution in [0.25, 0.3) is 5.69 Å².